The van der Waals surface area contributed by atoms with Crippen molar-refractivity contribution in [2.75, 3.05) is 23.0 Å². The summed E-state index contributed by atoms with van der Waals surface area (Å²) >= 11 is 1.58. The fraction of sp³-hybridized carbons (Fsp3) is 0.222. The van der Waals surface area contributed by atoms with E-state index in [1.165, 1.54) is 0 Å². The Morgan fingerprint density at radius 3 is 2.82 bits per heavy atom. The number of aromatic nitrogens is 3. The molecule has 0 aliphatic rings. The molecule has 2 heterocycles. The Balaban J connectivity index is 1.92. The van der Waals surface area contributed by atoms with Gasteiger partial charge in [-0.25, -0.2) is 10.8 Å². The van der Waals surface area contributed by atoms with Gasteiger partial charge in [0.05, 0.1) is 11.2 Å². The first kappa shape index (κ1) is 11.6. The number of nitrogens with one attached hydrogen (secondary N) is 2. The lowest BCUT2D eigenvalue weighted by Gasteiger charge is -2.07. The Morgan fingerprint density at radius 1 is 1.29 bits per heavy atom. The van der Waals surface area contributed by atoms with Crippen molar-refractivity contribution < 1.29 is 0 Å². The number of nitrogens with zero attached hydrogens (tertiary/aromatic N) is 3. The highest BCUT2D eigenvalue weighted by atomic mass is 32.1. The molecule has 0 radical (unpaired) electrons. The van der Waals surface area contributed by atoms with Crippen LogP contribution in [0.15, 0.2) is 17.0 Å². The van der Waals surface area contributed by atoms with Gasteiger partial charge >= 0.3 is 0 Å². The number of thiazole rings is 1. The normalized spacial score (nSPS) is 10.2. The molecule has 2 aromatic heterocycles. The lowest BCUT2D eigenvalue weighted by atomic mass is 10.3. The summed E-state index contributed by atoms with van der Waals surface area (Å²) in [6.45, 7) is 0.726. The molecule has 0 aliphatic heterocycles. The Bertz CT molecular complexity index is 470. The molecule has 90 valence electrons. The first-order chi connectivity index (χ1) is 8.28. The third kappa shape index (κ3) is 3.26. The molecule has 2 aromatic rings. The van der Waals surface area contributed by atoms with Gasteiger partial charge < -0.3 is 16.5 Å². The summed E-state index contributed by atoms with van der Waals surface area (Å²) < 4.78 is 0. The van der Waals surface area contributed by atoms with Crippen molar-refractivity contribution in [1.29, 1.82) is 0 Å². The number of rotatable bonds is 5. The molecule has 0 saturated heterocycles. The van der Waals surface area contributed by atoms with Crippen LogP contribution >= 0.6 is 11.3 Å². The second-order valence-corrected chi connectivity index (χ2v) is 4.02. The second-order valence-electron chi connectivity index (χ2n) is 3.30. The Morgan fingerprint density at radius 2 is 2.12 bits per heavy atom. The molecule has 0 saturated carbocycles. The Kier molecular flexibility index (Phi) is 3.68. The van der Waals surface area contributed by atoms with E-state index in [1.54, 1.807) is 17.4 Å². The molecule has 0 bridgehead atoms. The lowest BCUT2D eigenvalue weighted by Crippen LogP contribution is -2.13. The number of nitrogen functional groups attached to an aromatic ring is 2. The van der Waals surface area contributed by atoms with Gasteiger partial charge in [0.25, 0.3) is 0 Å². The topological polar surface area (TPSA) is 115 Å². The molecule has 0 unspecified atom stereocenters. The van der Waals surface area contributed by atoms with Crippen molar-refractivity contribution >= 4 is 28.9 Å². The van der Waals surface area contributed by atoms with Gasteiger partial charge in [-0.3, -0.25) is 0 Å². The maximum Gasteiger partial charge on any atom is 0.223 e. The molecule has 0 fully saturated rings. The number of hydrazine groups is 1. The number of hydrogen-bond donors (Lipinski definition) is 4. The average Bonchev–Trinajstić information content (AvgIpc) is 2.81. The molecule has 7 nitrogen and oxygen atoms in total. The molecule has 0 atom stereocenters. The first-order valence-electron chi connectivity index (χ1n) is 5.00. The fourth-order valence-corrected chi connectivity index (χ4v) is 1.90. The van der Waals surface area contributed by atoms with Crippen molar-refractivity contribution in [2.45, 2.75) is 6.42 Å². The van der Waals surface area contributed by atoms with Crippen molar-refractivity contribution in [2.24, 2.45) is 5.84 Å². The van der Waals surface area contributed by atoms with Gasteiger partial charge in [-0.15, -0.1) is 11.3 Å². The van der Waals surface area contributed by atoms with Crippen LogP contribution in [0.2, 0.25) is 0 Å². The van der Waals surface area contributed by atoms with Crippen LogP contribution < -0.4 is 22.3 Å². The van der Waals surface area contributed by atoms with E-state index in [4.69, 9.17) is 11.6 Å². The molecule has 17 heavy (non-hydrogen) atoms. The SMILES string of the molecule is NNc1cc(NCCc2cscn2)nc(N)n1. The van der Waals surface area contributed by atoms with Gasteiger partial charge in [-0.2, -0.15) is 9.97 Å². The van der Waals surface area contributed by atoms with E-state index >= 15 is 0 Å². The molecule has 0 aromatic carbocycles. The van der Waals surface area contributed by atoms with Crippen molar-refractivity contribution in [3.63, 3.8) is 0 Å². The smallest absolute Gasteiger partial charge is 0.223 e. The summed E-state index contributed by atoms with van der Waals surface area (Å²) in [6, 6.07) is 1.69. The summed E-state index contributed by atoms with van der Waals surface area (Å²) in [5, 5.41) is 5.15. The highest BCUT2D eigenvalue weighted by Gasteiger charge is 2.01. The largest absolute Gasteiger partial charge is 0.369 e. The van der Waals surface area contributed by atoms with Crippen molar-refractivity contribution in [1.82, 2.24) is 15.0 Å². The average molecular weight is 251 g/mol. The molecule has 6 N–H and O–H groups in total. The van der Waals surface area contributed by atoms with Crippen LogP contribution in [-0.2, 0) is 6.42 Å². The summed E-state index contributed by atoms with van der Waals surface area (Å²) in [5.41, 5.74) is 10.8. The maximum absolute atomic E-state index is 5.53. The van der Waals surface area contributed by atoms with E-state index in [-0.39, 0.29) is 5.95 Å². The van der Waals surface area contributed by atoms with E-state index in [2.05, 4.69) is 25.7 Å². The summed E-state index contributed by atoms with van der Waals surface area (Å²) in [6.07, 6.45) is 0.832. The standard InChI is InChI=1S/C9H13N7S/c10-9-14-7(3-8(15-9)16-11)12-2-1-6-4-17-5-13-6/h3-5H,1-2,11H2,(H4,10,12,14,15,16). The number of nitrogens with two attached hydrogens (primary N) is 2. The minimum Gasteiger partial charge on any atom is -0.369 e. The zero-order valence-electron chi connectivity index (χ0n) is 9.05. The van der Waals surface area contributed by atoms with E-state index in [0.717, 1.165) is 18.7 Å². The third-order valence-corrected chi connectivity index (χ3v) is 2.70. The van der Waals surface area contributed by atoms with Crippen LogP contribution in [0.25, 0.3) is 0 Å². The predicted octanol–water partition coefficient (Wildman–Crippen LogP) is 0.455. The number of anilines is 3. The van der Waals surface area contributed by atoms with Gasteiger partial charge in [-0.1, -0.05) is 0 Å². The van der Waals surface area contributed by atoms with Gasteiger partial charge in [0.1, 0.15) is 11.6 Å². The molecule has 0 spiro atoms. The molecule has 0 amide bonds. The first-order valence-corrected chi connectivity index (χ1v) is 5.94. The van der Waals surface area contributed by atoms with Gasteiger partial charge in [0.2, 0.25) is 5.95 Å². The molecule has 8 heteroatoms. The summed E-state index contributed by atoms with van der Waals surface area (Å²) in [4.78, 5) is 12.1. The van der Waals surface area contributed by atoms with E-state index < -0.39 is 0 Å². The molecular weight excluding hydrogens is 238 g/mol. The molecule has 0 aliphatic carbocycles. The van der Waals surface area contributed by atoms with Gasteiger partial charge in [0.15, 0.2) is 0 Å². The Hall–Kier alpha value is -1.93. The van der Waals surface area contributed by atoms with Crippen LogP contribution in [0, 0.1) is 0 Å². The molecular formula is C9H13N7S. The third-order valence-electron chi connectivity index (χ3n) is 2.06. The minimum atomic E-state index is 0.177. The number of hydrogen-bond acceptors (Lipinski definition) is 8. The highest BCUT2D eigenvalue weighted by Crippen LogP contribution is 2.11. The van der Waals surface area contributed by atoms with Crippen LogP contribution in [0.5, 0.6) is 0 Å². The van der Waals surface area contributed by atoms with Crippen LogP contribution in [-0.4, -0.2) is 21.5 Å². The van der Waals surface area contributed by atoms with E-state index in [0.29, 0.717) is 11.6 Å². The van der Waals surface area contributed by atoms with Gasteiger partial charge in [0, 0.05) is 24.4 Å². The lowest BCUT2D eigenvalue weighted by molar-refractivity contribution is 0.965. The maximum atomic E-state index is 5.53. The van der Waals surface area contributed by atoms with Crippen molar-refractivity contribution in [3.8, 4) is 0 Å². The van der Waals surface area contributed by atoms with Crippen LogP contribution in [0.3, 0.4) is 0 Å². The van der Waals surface area contributed by atoms with Crippen LogP contribution in [0.4, 0.5) is 17.6 Å². The van der Waals surface area contributed by atoms with E-state index in [1.807, 2.05) is 10.9 Å². The predicted molar refractivity (Wildman–Crippen MR) is 68.6 cm³/mol. The minimum absolute atomic E-state index is 0.177. The van der Waals surface area contributed by atoms with Gasteiger partial charge in [-0.05, 0) is 0 Å². The zero-order valence-corrected chi connectivity index (χ0v) is 9.87. The monoisotopic (exact) mass is 251 g/mol. The highest BCUT2D eigenvalue weighted by molar-refractivity contribution is 7.07. The zero-order chi connectivity index (χ0) is 12.1. The summed E-state index contributed by atoms with van der Waals surface area (Å²) in [5.74, 6) is 6.56. The van der Waals surface area contributed by atoms with Crippen molar-refractivity contribution in [3.05, 3.63) is 22.7 Å². The van der Waals surface area contributed by atoms with Crippen LogP contribution in [0.1, 0.15) is 5.69 Å². The van der Waals surface area contributed by atoms with E-state index in [9.17, 15) is 0 Å². The quantitative estimate of drug-likeness (QED) is 0.450. The summed E-state index contributed by atoms with van der Waals surface area (Å²) in [7, 11) is 0. The fourth-order valence-electron chi connectivity index (χ4n) is 1.31. The molecule has 2 rings (SSSR count). The Labute approximate surface area is 102 Å². The second kappa shape index (κ2) is 5.41.